The lowest BCUT2D eigenvalue weighted by Crippen LogP contribution is -2.10. The quantitative estimate of drug-likeness (QED) is 0.851. The minimum absolute atomic E-state index is 0.190. The second kappa shape index (κ2) is 6.41. The summed E-state index contributed by atoms with van der Waals surface area (Å²) in [4.78, 5) is 0.190. The van der Waals surface area contributed by atoms with Gasteiger partial charge in [-0.3, -0.25) is 0 Å². The molecule has 0 bridgehead atoms. The Labute approximate surface area is 117 Å². The smallest absolute Gasteiger partial charge is 0.129 e. The van der Waals surface area contributed by atoms with Gasteiger partial charge in [0.15, 0.2) is 0 Å². The van der Waals surface area contributed by atoms with Crippen LogP contribution in [0.2, 0.25) is 0 Å². The lowest BCUT2D eigenvalue weighted by Gasteiger charge is -2.07. The van der Waals surface area contributed by atoms with E-state index in [1.165, 1.54) is 6.07 Å². The first kappa shape index (κ1) is 13.6. The first-order valence-corrected chi connectivity index (χ1v) is 6.27. The molecule has 98 valence electrons. The first-order chi connectivity index (χ1) is 9.16. The number of hydrogen-bond donors (Lipinski definition) is 1. The summed E-state index contributed by atoms with van der Waals surface area (Å²) in [5, 5.41) is 0. The van der Waals surface area contributed by atoms with E-state index in [1.54, 1.807) is 12.1 Å². The van der Waals surface area contributed by atoms with Gasteiger partial charge in [-0.05, 0) is 11.6 Å². The molecule has 0 spiro atoms. The summed E-state index contributed by atoms with van der Waals surface area (Å²) < 4.78 is 19.2. The van der Waals surface area contributed by atoms with Crippen molar-refractivity contribution in [1.82, 2.24) is 0 Å². The summed E-state index contributed by atoms with van der Waals surface area (Å²) in [6.07, 6.45) is 0. The molecule has 0 atom stereocenters. The molecule has 2 N–H and O–H groups in total. The Bertz CT molecular complexity index is 572. The van der Waals surface area contributed by atoms with Crippen molar-refractivity contribution >= 4 is 17.2 Å². The van der Waals surface area contributed by atoms with E-state index < -0.39 is 0 Å². The monoisotopic (exact) mass is 275 g/mol. The number of benzene rings is 2. The summed E-state index contributed by atoms with van der Waals surface area (Å²) in [5.41, 5.74) is 7.52. The molecule has 0 aliphatic heterocycles. The zero-order valence-electron chi connectivity index (χ0n) is 10.3. The van der Waals surface area contributed by atoms with Crippen LogP contribution in [0.4, 0.5) is 4.39 Å². The summed E-state index contributed by atoms with van der Waals surface area (Å²) in [6.45, 7) is 0.676. The highest BCUT2D eigenvalue weighted by molar-refractivity contribution is 7.80. The van der Waals surface area contributed by atoms with E-state index in [2.05, 4.69) is 0 Å². The van der Waals surface area contributed by atoms with Crippen molar-refractivity contribution in [1.29, 1.82) is 0 Å². The maximum Gasteiger partial charge on any atom is 0.129 e. The molecule has 0 amide bonds. The molecule has 0 saturated heterocycles. The van der Waals surface area contributed by atoms with Crippen molar-refractivity contribution in [2.24, 2.45) is 5.73 Å². The molecule has 0 radical (unpaired) electrons. The fourth-order valence-corrected chi connectivity index (χ4v) is 1.80. The average Bonchev–Trinajstić information content (AvgIpc) is 2.41. The third-order valence-corrected chi connectivity index (χ3v) is 2.94. The van der Waals surface area contributed by atoms with Crippen LogP contribution < -0.4 is 5.73 Å². The molecule has 0 fully saturated rings. The highest BCUT2D eigenvalue weighted by atomic mass is 32.1. The Morgan fingerprint density at radius 1 is 1.11 bits per heavy atom. The molecular formula is C15H14FNOS. The minimum Gasteiger partial charge on any atom is -0.389 e. The minimum atomic E-state index is -0.349. The maximum atomic E-state index is 13.7. The largest absolute Gasteiger partial charge is 0.389 e. The zero-order valence-corrected chi connectivity index (χ0v) is 11.1. The summed E-state index contributed by atoms with van der Waals surface area (Å²) in [7, 11) is 0. The van der Waals surface area contributed by atoms with Crippen LogP contribution in [0.5, 0.6) is 0 Å². The summed E-state index contributed by atoms with van der Waals surface area (Å²) in [6, 6.07) is 14.4. The number of nitrogens with two attached hydrogens (primary N) is 1. The second-order valence-electron chi connectivity index (χ2n) is 4.15. The summed E-state index contributed by atoms with van der Waals surface area (Å²) >= 11 is 4.80. The van der Waals surface area contributed by atoms with Gasteiger partial charge in [0.25, 0.3) is 0 Å². The van der Waals surface area contributed by atoms with Crippen LogP contribution in [0.15, 0.2) is 48.5 Å². The van der Waals surface area contributed by atoms with Gasteiger partial charge >= 0.3 is 0 Å². The standard InChI is InChI=1S/C15H14FNOS/c16-14-8-12(15(17)19)6-7-13(14)10-18-9-11-4-2-1-3-5-11/h1-8H,9-10H2,(H2,17,19). The molecule has 0 unspecified atom stereocenters. The van der Waals surface area contributed by atoms with Crippen molar-refractivity contribution in [3.05, 3.63) is 71.0 Å². The van der Waals surface area contributed by atoms with Crippen molar-refractivity contribution in [3.8, 4) is 0 Å². The predicted octanol–water partition coefficient (Wildman–Crippen LogP) is 3.18. The van der Waals surface area contributed by atoms with E-state index in [-0.39, 0.29) is 17.4 Å². The van der Waals surface area contributed by atoms with Crippen LogP contribution in [-0.4, -0.2) is 4.99 Å². The molecule has 2 nitrogen and oxygen atoms in total. The molecular weight excluding hydrogens is 261 g/mol. The second-order valence-corrected chi connectivity index (χ2v) is 4.59. The predicted molar refractivity (Wildman–Crippen MR) is 77.2 cm³/mol. The number of ether oxygens (including phenoxy) is 1. The van der Waals surface area contributed by atoms with Crippen molar-refractivity contribution in [2.75, 3.05) is 0 Å². The molecule has 4 heteroatoms. The molecule has 2 aromatic rings. The van der Waals surface area contributed by atoms with Crippen molar-refractivity contribution < 1.29 is 9.13 Å². The Morgan fingerprint density at radius 2 is 1.84 bits per heavy atom. The van der Waals surface area contributed by atoms with Crippen LogP contribution in [0.25, 0.3) is 0 Å². The van der Waals surface area contributed by atoms with Gasteiger partial charge in [-0.1, -0.05) is 54.7 Å². The topological polar surface area (TPSA) is 35.2 Å². The Morgan fingerprint density at radius 3 is 2.47 bits per heavy atom. The van der Waals surface area contributed by atoms with Gasteiger partial charge in [0.05, 0.1) is 13.2 Å². The van der Waals surface area contributed by atoms with Crippen LogP contribution in [-0.2, 0) is 18.0 Å². The van der Waals surface area contributed by atoms with Gasteiger partial charge in [0.2, 0.25) is 0 Å². The molecule has 0 aromatic heterocycles. The van der Waals surface area contributed by atoms with Gasteiger partial charge in [-0.25, -0.2) is 4.39 Å². The lowest BCUT2D eigenvalue weighted by atomic mass is 10.1. The molecule has 2 rings (SSSR count). The van der Waals surface area contributed by atoms with Crippen LogP contribution in [0, 0.1) is 5.82 Å². The van der Waals surface area contributed by atoms with E-state index in [4.69, 9.17) is 22.7 Å². The Hall–Kier alpha value is -1.78. The summed E-state index contributed by atoms with van der Waals surface area (Å²) in [5.74, 6) is -0.349. The Balaban J connectivity index is 1.95. The lowest BCUT2D eigenvalue weighted by molar-refractivity contribution is 0.105. The van der Waals surface area contributed by atoms with Gasteiger partial charge in [0.1, 0.15) is 10.8 Å². The molecule has 0 saturated carbocycles. The number of thiocarbonyl (C=S) groups is 1. The molecule has 19 heavy (non-hydrogen) atoms. The van der Waals surface area contributed by atoms with E-state index in [9.17, 15) is 4.39 Å². The number of halogens is 1. The van der Waals surface area contributed by atoms with E-state index in [0.29, 0.717) is 17.7 Å². The zero-order chi connectivity index (χ0) is 13.7. The van der Waals surface area contributed by atoms with Crippen LogP contribution in [0.1, 0.15) is 16.7 Å². The van der Waals surface area contributed by atoms with Crippen molar-refractivity contribution in [3.63, 3.8) is 0 Å². The number of hydrogen-bond acceptors (Lipinski definition) is 2. The van der Waals surface area contributed by atoms with Crippen molar-refractivity contribution in [2.45, 2.75) is 13.2 Å². The highest BCUT2D eigenvalue weighted by Gasteiger charge is 2.05. The molecule has 0 aliphatic rings. The molecule has 0 aliphatic carbocycles. The van der Waals surface area contributed by atoms with Crippen LogP contribution in [0.3, 0.4) is 0 Å². The SMILES string of the molecule is NC(=S)c1ccc(COCc2ccccc2)c(F)c1. The Kier molecular flexibility index (Phi) is 4.60. The fourth-order valence-electron chi connectivity index (χ4n) is 1.67. The average molecular weight is 275 g/mol. The first-order valence-electron chi connectivity index (χ1n) is 5.86. The van der Waals surface area contributed by atoms with Gasteiger partial charge in [0, 0.05) is 11.1 Å². The van der Waals surface area contributed by atoms with Gasteiger partial charge in [-0.2, -0.15) is 0 Å². The van der Waals surface area contributed by atoms with E-state index in [0.717, 1.165) is 5.56 Å². The van der Waals surface area contributed by atoms with E-state index in [1.807, 2.05) is 30.3 Å². The highest BCUT2D eigenvalue weighted by Crippen LogP contribution is 2.13. The normalized spacial score (nSPS) is 10.4. The van der Waals surface area contributed by atoms with E-state index >= 15 is 0 Å². The molecule has 0 heterocycles. The maximum absolute atomic E-state index is 13.7. The number of rotatable bonds is 5. The van der Waals surface area contributed by atoms with Gasteiger partial charge in [-0.15, -0.1) is 0 Å². The molecule has 2 aromatic carbocycles. The van der Waals surface area contributed by atoms with Crippen LogP contribution >= 0.6 is 12.2 Å². The fraction of sp³-hybridized carbons (Fsp3) is 0.133. The third-order valence-electron chi connectivity index (χ3n) is 2.71. The van der Waals surface area contributed by atoms with Gasteiger partial charge < -0.3 is 10.5 Å². The third kappa shape index (κ3) is 3.84.